The Morgan fingerprint density at radius 2 is 1.76 bits per heavy atom. The van der Waals surface area contributed by atoms with Crippen molar-refractivity contribution in [3.8, 4) is 16.9 Å². The number of fused-ring (bicyclic) bond motifs is 1. The first-order valence-corrected chi connectivity index (χ1v) is 6.84. The molecule has 0 N–H and O–H groups in total. The topological polar surface area (TPSA) is 9.23 Å². The molecule has 4 heteroatoms. The Bertz CT molecular complexity index is 677. The van der Waals surface area contributed by atoms with Crippen molar-refractivity contribution in [2.75, 3.05) is 0 Å². The van der Waals surface area contributed by atoms with Gasteiger partial charge in [-0.25, -0.2) is 4.39 Å². The quantitative estimate of drug-likeness (QED) is 0.721. The van der Waals surface area contributed by atoms with Gasteiger partial charge in [-0.3, -0.25) is 0 Å². The Hall–Kier alpha value is -1.97. The van der Waals surface area contributed by atoms with E-state index in [4.69, 9.17) is 0 Å². The molecule has 21 heavy (non-hydrogen) atoms. The van der Waals surface area contributed by atoms with E-state index < -0.39 is 17.8 Å². The van der Waals surface area contributed by atoms with Crippen LogP contribution in [0.15, 0.2) is 36.4 Å². The summed E-state index contributed by atoms with van der Waals surface area (Å²) in [7, 11) is 0. The average Bonchev–Trinajstić information content (AvgIpc) is 2.43. The van der Waals surface area contributed by atoms with Crippen molar-refractivity contribution in [1.29, 1.82) is 0 Å². The van der Waals surface area contributed by atoms with Gasteiger partial charge in [0, 0.05) is 5.56 Å². The van der Waals surface area contributed by atoms with Crippen LogP contribution in [0.5, 0.6) is 5.75 Å². The lowest BCUT2D eigenvalue weighted by Crippen LogP contribution is -2.38. The van der Waals surface area contributed by atoms with Crippen molar-refractivity contribution in [3.05, 3.63) is 53.3 Å². The molecule has 0 aromatic heterocycles. The Morgan fingerprint density at radius 1 is 1.10 bits per heavy atom. The number of aryl methyl sites for hydroxylation is 1. The van der Waals surface area contributed by atoms with Crippen molar-refractivity contribution >= 4 is 0 Å². The fourth-order valence-electron chi connectivity index (χ4n) is 2.51. The smallest absolute Gasteiger partial charge is 0.400 e. The molecule has 2 aromatic rings. The molecule has 2 aromatic carbocycles. The molecular formula is C17H15F3O. The van der Waals surface area contributed by atoms with E-state index in [2.05, 4.69) is 4.74 Å². The zero-order valence-electron chi connectivity index (χ0n) is 11.8. The summed E-state index contributed by atoms with van der Waals surface area (Å²) in [5.74, 6) is -2.01. The van der Waals surface area contributed by atoms with E-state index >= 15 is 0 Å². The van der Waals surface area contributed by atoms with Crippen LogP contribution in [0.25, 0.3) is 11.1 Å². The fourth-order valence-corrected chi connectivity index (χ4v) is 2.51. The summed E-state index contributed by atoms with van der Waals surface area (Å²) < 4.78 is 46.5. The zero-order valence-corrected chi connectivity index (χ0v) is 11.8. The molecule has 1 unspecified atom stereocenters. The standard InChI is InChI=1S/C17H15F3O/c1-10-3-5-12(6-4-10)14-8-7-13-9-11(2)17(19,20)21-16(13)15(14)18/h3-8,11H,9H2,1-2H3. The maximum absolute atomic E-state index is 14.6. The lowest BCUT2D eigenvalue weighted by Gasteiger charge is -2.31. The highest BCUT2D eigenvalue weighted by Gasteiger charge is 2.44. The highest BCUT2D eigenvalue weighted by molar-refractivity contribution is 5.67. The van der Waals surface area contributed by atoms with Crippen LogP contribution in [-0.4, -0.2) is 6.11 Å². The Labute approximate surface area is 121 Å². The van der Waals surface area contributed by atoms with Gasteiger partial charge in [-0.15, -0.1) is 0 Å². The van der Waals surface area contributed by atoms with Gasteiger partial charge in [-0.1, -0.05) is 48.9 Å². The molecule has 0 bridgehead atoms. The van der Waals surface area contributed by atoms with E-state index in [9.17, 15) is 13.2 Å². The third-order valence-electron chi connectivity index (χ3n) is 3.88. The maximum Gasteiger partial charge on any atom is 0.400 e. The van der Waals surface area contributed by atoms with Gasteiger partial charge >= 0.3 is 6.11 Å². The largest absolute Gasteiger partial charge is 0.429 e. The van der Waals surface area contributed by atoms with E-state index in [1.54, 1.807) is 24.3 Å². The second-order valence-electron chi connectivity index (χ2n) is 5.55. The number of rotatable bonds is 1. The van der Waals surface area contributed by atoms with Crippen molar-refractivity contribution in [3.63, 3.8) is 0 Å². The van der Waals surface area contributed by atoms with Crippen LogP contribution in [-0.2, 0) is 6.42 Å². The predicted molar refractivity (Wildman–Crippen MR) is 75.0 cm³/mol. The van der Waals surface area contributed by atoms with E-state index in [1.807, 2.05) is 19.1 Å². The van der Waals surface area contributed by atoms with Gasteiger partial charge in [0.2, 0.25) is 0 Å². The summed E-state index contributed by atoms with van der Waals surface area (Å²) in [5, 5.41) is 0. The van der Waals surface area contributed by atoms with E-state index in [1.165, 1.54) is 6.92 Å². The molecular weight excluding hydrogens is 277 g/mol. The number of halogens is 3. The lowest BCUT2D eigenvalue weighted by atomic mass is 9.93. The number of hydrogen-bond acceptors (Lipinski definition) is 1. The Kier molecular flexibility index (Phi) is 3.19. The Balaban J connectivity index is 2.09. The van der Waals surface area contributed by atoms with Crippen LogP contribution in [0.4, 0.5) is 13.2 Å². The molecule has 1 aliphatic heterocycles. The van der Waals surface area contributed by atoms with E-state index in [0.717, 1.165) is 5.56 Å². The van der Waals surface area contributed by atoms with Crippen LogP contribution in [0.1, 0.15) is 18.1 Å². The Morgan fingerprint density at radius 3 is 2.43 bits per heavy atom. The summed E-state index contributed by atoms with van der Waals surface area (Å²) in [6.45, 7) is 3.33. The normalized spacial score (nSPS) is 19.8. The predicted octanol–water partition coefficient (Wildman–Crippen LogP) is 4.96. The summed E-state index contributed by atoms with van der Waals surface area (Å²) in [6.07, 6.45) is -3.23. The van der Waals surface area contributed by atoms with Crippen LogP contribution in [0.2, 0.25) is 0 Å². The minimum atomic E-state index is -3.33. The molecule has 3 rings (SSSR count). The molecule has 0 saturated carbocycles. The van der Waals surface area contributed by atoms with Crippen molar-refractivity contribution in [1.82, 2.24) is 0 Å². The third-order valence-corrected chi connectivity index (χ3v) is 3.88. The molecule has 0 radical (unpaired) electrons. The molecule has 0 fully saturated rings. The van der Waals surface area contributed by atoms with Gasteiger partial charge in [0.1, 0.15) is 0 Å². The van der Waals surface area contributed by atoms with Crippen LogP contribution < -0.4 is 4.74 Å². The van der Waals surface area contributed by atoms with Gasteiger partial charge in [-0.05, 0) is 24.5 Å². The highest BCUT2D eigenvalue weighted by atomic mass is 19.3. The van der Waals surface area contributed by atoms with Crippen molar-refractivity contribution < 1.29 is 17.9 Å². The minimum absolute atomic E-state index is 0.105. The average molecular weight is 292 g/mol. The lowest BCUT2D eigenvalue weighted by molar-refractivity contribution is -0.220. The minimum Gasteiger partial charge on any atom is -0.429 e. The van der Waals surface area contributed by atoms with Gasteiger partial charge in [0.05, 0.1) is 5.92 Å². The molecule has 1 atom stereocenters. The first-order chi connectivity index (χ1) is 9.88. The van der Waals surface area contributed by atoms with Crippen LogP contribution >= 0.6 is 0 Å². The number of hydrogen-bond donors (Lipinski definition) is 0. The second-order valence-corrected chi connectivity index (χ2v) is 5.55. The van der Waals surface area contributed by atoms with Crippen molar-refractivity contribution in [2.45, 2.75) is 26.4 Å². The molecule has 1 nitrogen and oxygen atoms in total. The third kappa shape index (κ3) is 2.39. The van der Waals surface area contributed by atoms with Gasteiger partial charge in [0.25, 0.3) is 0 Å². The summed E-state index contributed by atoms with van der Waals surface area (Å²) in [4.78, 5) is 0. The van der Waals surface area contributed by atoms with Crippen LogP contribution in [0.3, 0.4) is 0 Å². The first-order valence-electron chi connectivity index (χ1n) is 6.84. The zero-order chi connectivity index (χ0) is 15.2. The molecule has 1 aliphatic rings. The number of ether oxygens (including phenoxy) is 1. The molecule has 110 valence electrons. The summed E-state index contributed by atoms with van der Waals surface area (Å²) >= 11 is 0. The first kappa shape index (κ1) is 14.0. The molecule has 1 heterocycles. The monoisotopic (exact) mass is 292 g/mol. The summed E-state index contributed by atoms with van der Waals surface area (Å²) in [5.41, 5.74) is 2.46. The van der Waals surface area contributed by atoms with E-state index in [0.29, 0.717) is 11.1 Å². The molecule has 0 aliphatic carbocycles. The van der Waals surface area contributed by atoms with Gasteiger partial charge in [0.15, 0.2) is 11.6 Å². The van der Waals surface area contributed by atoms with Gasteiger partial charge in [-0.2, -0.15) is 8.78 Å². The molecule has 0 spiro atoms. The second kappa shape index (κ2) is 4.79. The SMILES string of the molecule is Cc1ccc(-c2ccc3c(c2F)OC(F)(F)C(C)C3)cc1. The molecule has 0 saturated heterocycles. The molecule has 0 amide bonds. The summed E-state index contributed by atoms with van der Waals surface area (Å²) in [6, 6.07) is 10.5. The van der Waals surface area contributed by atoms with Crippen LogP contribution in [0, 0.1) is 18.7 Å². The number of alkyl halides is 2. The highest BCUT2D eigenvalue weighted by Crippen LogP contribution is 2.43. The van der Waals surface area contributed by atoms with E-state index in [-0.39, 0.29) is 17.7 Å². The number of benzene rings is 2. The van der Waals surface area contributed by atoms with Gasteiger partial charge < -0.3 is 4.74 Å². The maximum atomic E-state index is 14.6. The fraction of sp³-hybridized carbons (Fsp3) is 0.294. The van der Waals surface area contributed by atoms with Crippen molar-refractivity contribution in [2.24, 2.45) is 5.92 Å².